The highest BCUT2D eigenvalue weighted by molar-refractivity contribution is 7.96. The van der Waals surface area contributed by atoms with Crippen LogP contribution >= 0.6 is 24.8 Å². The molecule has 0 heterocycles. The number of nitrogens with one attached hydrogen (secondary N) is 2. The van der Waals surface area contributed by atoms with Gasteiger partial charge in [-0.25, -0.2) is 0 Å². The first kappa shape index (κ1) is 36.9. The van der Waals surface area contributed by atoms with Crippen LogP contribution in [0.25, 0.3) is 0 Å². The number of thiocarbonyl (C=S) groups is 1. The molecule has 0 bridgehead atoms. The number of ether oxygens (including phenoxy) is 1. The molecule has 0 aliphatic heterocycles. The van der Waals surface area contributed by atoms with Gasteiger partial charge in [-0.3, -0.25) is 4.79 Å². The topological polar surface area (TPSA) is 50.4 Å². The summed E-state index contributed by atoms with van der Waals surface area (Å²) in [6.07, 6.45) is 23.5. The van der Waals surface area contributed by atoms with E-state index in [-0.39, 0.29) is 22.1 Å². The Balaban J connectivity index is 2.01. The third kappa shape index (κ3) is 14.9. The molecule has 2 N–H and O–H groups in total. The first-order valence-electron chi connectivity index (χ1n) is 17.1. The van der Waals surface area contributed by atoms with Gasteiger partial charge in [-0.15, -0.1) is 0 Å². The van der Waals surface area contributed by atoms with Gasteiger partial charge in [0, 0.05) is 12.6 Å². The second-order valence-corrected chi connectivity index (χ2v) is 14.9. The summed E-state index contributed by atoms with van der Waals surface area (Å²) in [6.45, 7) is 12.1. The van der Waals surface area contributed by atoms with Crippen LogP contribution in [0.4, 0.5) is 4.79 Å². The number of thiol groups is 1. The molecule has 1 aliphatic rings. The summed E-state index contributed by atoms with van der Waals surface area (Å²) in [5.41, 5.74) is 2.91. The van der Waals surface area contributed by atoms with Crippen molar-refractivity contribution < 1.29 is 9.53 Å². The van der Waals surface area contributed by atoms with Crippen molar-refractivity contribution in [3.8, 4) is 5.75 Å². The van der Waals surface area contributed by atoms with Crippen LogP contribution in [0.1, 0.15) is 155 Å². The fourth-order valence-corrected chi connectivity index (χ4v) is 7.57. The third-order valence-electron chi connectivity index (χ3n) is 8.94. The molecule has 42 heavy (non-hydrogen) atoms. The number of hydrogen-bond acceptors (Lipinski definition) is 3. The van der Waals surface area contributed by atoms with Gasteiger partial charge in [0.05, 0.1) is 0 Å². The molecule has 1 aromatic carbocycles. The van der Waals surface area contributed by atoms with Crippen LogP contribution in [0.3, 0.4) is 0 Å². The number of benzene rings is 1. The van der Waals surface area contributed by atoms with E-state index in [0.29, 0.717) is 5.17 Å². The van der Waals surface area contributed by atoms with Crippen LogP contribution in [-0.4, -0.2) is 23.0 Å². The van der Waals surface area contributed by atoms with Crippen molar-refractivity contribution in [1.82, 2.24) is 10.6 Å². The number of carbonyl (C=O) groups excluding carboxylic acids is 1. The van der Waals surface area contributed by atoms with E-state index in [0.717, 1.165) is 44.4 Å². The summed E-state index contributed by atoms with van der Waals surface area (Å²) in [7, 11) is 0. The van der Waals surface area contributed by atoms with Crippen molar-refractivity contribution in [2.45, 2.75) is 163 Å². The Bertz CT molecular complexity index is 935. The van der Waals surface area contributed by atoms with Crippen molar-refractivity contribution in [2.24, 2.45) is 10.8 Å². The summed E-state index contributed by atoms with van der Waals surface area (Å²) in [5, 5.41) is 6.68. The summed E-state index contributed by atoms with van der Waals surface area (Å²) >= 11 is 9.72. The Morgan fingerprint density at radius 2 is 1.45 bits per heavy atom. The molecule has 2 rings (SSSR count). The highest BCUT2D eigenvalue weighted by Crippen LogP contribution is 2.45. The Morgan fingerprint density at radius 3 is 2.05 bits per heavy atom. The van der Waals surface area contributed by atoms with Crippen molar-refractivity contribution in [1.29, 1.82) is 0 Å². The smallest absolute Gasteiger partial charge is 0.276 e. The lowest BCUT2D eigenvalue weighted by atomic mass is 9.62. The molecule has 0 saturated heterocycles. The van der Waals surface area contributed by atoms with Gasteiger partial charge in [-0.2, -0.15) is 0 Å². The summed E-state index contributed by atoms with van der Waals surface area (Å²) in [5.74, 6) is 0.924. The zero-order chi connectivity index (χ0) is 30.8. The summed E-state index contributed by atoms with van der Waals surface area (Å²) in [4.78, 5) is 11.6. The fraction of sp³-hybridized carbons (Fsp3) is 0.778. The van der Waals surface area contributed by atoms with Gasteiger partial charge in [0.2, 0.25) is 0 Å². The molecule has 2 unspecified atom stereocenters. The Morgan fingerprint density at radius 1 is 0.881 bits per heavy atom. The van der Waals surface area contributed by atoms with E-state index in [9.17, 15) is 4.79 Å². The molecule has 1 amide bonds. The highest BCUT2D eigenvalue weighted by atomic mass is 32.1. The van der Waals surface area contributed by atoms with Crippen molar-refractivity contribution in [3.63, 3.8) is 0 Å². The van der Waals surface area contributed by atoms with Gasteiger partial charge in [0.15, 0.2) is 0 Å². The number of amides is 1. The standard InChI is InChI=1S/C36H62N2O2S2/c1-6-8-10-12-14-16-18-21-29-22-20-24-32(31(29)23-19-17-15-13-11-9-7-2)40-34(42)37-28-36(5)26-30(38-33(39)41)25-35(3,4)27-36/h20,22,24,30H,6-19,21,23,25-28H2,1-5H3,(H,37,42)(H2,38,39,41). The van der Waals surface area contributed by atoms with Gasteiger partial charge < -0.3 is 15.4 Å². The Labute approximate surface area is 269 Å². The van der Waals surface area contributed by atoms with Crippen LogP contribution in [0.5, 0.6) is 5.75 Å². The SMILES string of the molecule is CCCCCCCCCc1cccc(OC(=S)NCC2(C)CC(NC(=O)S)CC(C)(C)C2)c1CCCCCCCCC. The van der Waals surface area contributed by atoms with E-state index in [1.54, 1.807) is 0 Å². The minimum absolute atomic E-state index is 0.00432. The number of hydrogen-bond donors (Lipinski definition) is 3. The molecule has 1 aromatic rings. The second-order valence-electron chi connectivity index (χ2n) is 14.1. The molecule has 0 spiro atoms. The zero-order valence-corrected chi connectivity index (χ0v) is 29.3. The summed E-state index contributed by atoms with van der Waals surface area (Å²) in [6, 6.07) is 6.66. The predicted octanol–water partition coefficient (Wildman–Crippen LogP) is 10.8. The minimum atomic E-state index is -0.253. The van der Waals surface area contributed by atoms with Gasteiger partial charge >= 0.3 is 0 Å². The molecular formula is C36H62N2O2S2. The van der Waals surface area contributed by atoms with Gasteiger partial charge in [-0.1, -0.05) is 136 Å². The third-order valence-corrected chi connectivity index (χ3v) is 9.30. The summed E-state index contributed by atoms with van der Waals surface area (Å²) < 4.78 is 6.39. The maximum Gasteiger partial charge on any atom is 0.276 e. The molecule has 2 atom stereocenters. The average Bonchev–Trinajstić information content (AvgIpc) is 2.90. The van der Waals surface area contributed by atoms with Crippen LogP contribution < -0.4 is 15.4 Å². The molecule has 0 aromatic heterocycles. The lowest BCUT2D eigenvalue weighted by Gasteiger charge is -2.46. The second kappa shape index (κ2) is 19.9. The minimum Gasteiger partial charge on any atom is -0.432 e. The molecule has 1 aliphatic carbocycles. The number of unbranched alkanes of at least 4 members (excludes halogenated alkanes) is 12. The molecule has 4 nitrogen and oxygen atoms in total. The monoisotopic (exact) mass is 618 g/mol. The van der Waals surface area contributed by atoms with E-state index in [1.165, 1.54) is 101 Å². The zero-order valence-electron chi connectivity index (χ0n) is 27.6. The van der Waals surface area contributed by atoms with Gasteiger partial charge in [0.25, 0.3) is 10.4 Å². The normalized spacial score (nSPS) is 19.8. The lowest BCUT2D eigenvalue weighted by Crippen LogP contribution is -2.49. The van der Waals surface area contributed by atoms with Gasteiger partial charge in [0.1, 0.15) is 5.75 Å². The average molecular weight is 619 g/mol. The van der Waals surface area contributed by atoms with Crippen molar-refractivity contribution in [3.05, 3.63) is 29.3 Å². The van der Waals surface area contributed by atoms with Crippen LogP contribution in [0, 0.1) is 10.8 Å². The quantitative estimate of drug-likeness (QED) is 0.0773. The highest BCUT2D eigenvalue weighted by Gasteiger charge is 2.41. The number of aryl methyl sites for hydroxylation is 1. The molecule has 1 fully saturated rings. The fourth-order valence-electron chi connectivity index (χ4n) is 7.22. The Hall–Kier alpha value is -1.27. The van der Waals surface area contributed by atoms with E-state index in [4.69, 9.17) is 17.0 Å². The van der Waals surface area contributed by atoms with Crippen LogP contribution in [0.15, 0.2) is 18.2 Å². The molecule has 1 saturated carbocycles. The molecule has 0 radical (unpaired) electrons. The van der Waals surface area contributed by atoms with E-state index in [1.807, 2.05) is 0 Å². The maximum atomic E-state index is 11.6. The first-order chi connectivity index (χ1) is 20.1. The first-order valence-corrected chi connectivity index (χ1v) is 18.0. The maximum absolute atomic E-state index is 11.6. The number of carbonyl (C=O) groups is 1. The number of rotatable bonds is 20. The van der Waals surface area contributed by atoms with Crippen molar-refractivity contribution >= 4 is 35.3 Å². The van der Waals surface area contributed by atoms with Crippen molar-refractivity contribution in [2.75, 3.05) is 6.54 Å². The largest absolute Gasteiger partial charge is 0.432 e. The predicted molar refractivity (Wildman–Crippen MR) is 188 cm³/mol. The molecule has 6 heteroatoms. The molecule has 240 valence electrons. The molecular weight excluding hydrogens is 557 g/mol. The van der Waals surface area contributed by atoms with Gasteiger partial charge in [-0.05, 0) is 85.2 Å². The lowest BCUT2D eigenvalue weighted by molar-refractivity contribution is 0.0778. The Kier molecular flexibility index (Phi) is 17.5. The van der Waals surface area contributed by atoms with E-state index < -0.39 is 0 Å². The van der Waals surface area contributed by atoms with Crippen LogP contribution in [0.2, 0.25) is 0 Å². The van der Waals surface area contributed by atoms with E-state index in [2.05, 4.69) is 76.1 Å². The van der Waals surface area contributed by atoms with Crippen LogP contribution in [-0.2, 0) is 12.8 Å². The van der Waals surface area contributed by atoms with E-state index >= 15 is 0 Å².